The van der Waals surface area contributed by atoms with Gasteiger partial charge < -0.3 is 9.80 Å². The maximum absolute atomic E-state index is 13.3. The topological polar surface area (TPSA) is 50.2 Å². The van der Waals surface area contributed by atoms with Crippen LogP contribution in [0.4, 0.5) is 8.78 Å². The van der Waals surface area contributed by atoms with Crippen LogP contribution in [0.25, 0.3) is 4.85 Å². The van der Waals surface area contributed by atoms with E-state index in [2.05, 4.69) is 25.7 Å². The number of halogens is 2. The van der Waals surface area contributed by atoms with Gasteiger partial charge in [0.2, 0.25) is 0 Å². The standard InChI is InChI=1S/C21H32F2N6/c1-25-19(16-24)20(26-9-5-10-27-15-8-21(22,23)17-27)29-13-6-18(7-14-29)28-11-3-2-4-12-28/h18-19H,2-15,17H2. The van der Waals surface area contributed by atoms with Gasteiger partial charge in [0.25, 0.3) is 5.92 Å². The molecule has 3 aliphatic rings. The van der Waals surface area contributed by atoms with E-state index in [1.807, 2.05) is 0 Å². The quantitative estimate of drug-likeness (QED) is 0.295. The summed E-state index contributed by atoms with van der Waals surface area (Å²) in [7, 11) is 0. The lowest BCUT2D eigenvalue weighted by Gasteiger charge is -2.40. The average Bonchev–Trinajstić information content (AvgIpc) is 3.10. The van der Waals surface area contributed by atoms with Crippen LogP contribution in [-0.2, 0) is 0 Å². The smallest absolute Gasteiger partial charge is 0.353 e. The summed E-state index contributed by atoms with van der Waals surface area (Å²) in [5.74, 6) is -1.99. The lowest BCUT2D eigenvalue weighted by atomic mass is 9.99. The van der Waals surface area contributed by atoms with Crippen molar-refractivity contribution >= 4 is 5.84 Å². The molecule has 3 heterocycles. The van der Waals surface area contributed by atoms with Gasteiger partial charge in [-0.2, -0.15) is 5.26 Å². The second kappa shape index (κ2) is 10.3. The Morgan fingerprint density at radius 1 is 1.17 bits per heavy atom. The fourth-order valence-electron chi connectivity index (χ4n) is 4.73. The largest absolute Gasteiger partial charge is 0.363 e. The molecule has 0 aromatic heterocycles. The summed E-state index contributed by atoms with van der Waals surface area (Å²) in [5, 5.41) is 9.40. The molecule has 3 fully saturated rings. The van der Waals surface area contributed by atoms with Gasteiger partial charge in [-0.05, 0) is 45.2 Å². The summed E-state index contributed by atoms with van der Waals surface area (Å²) in [6.45, 7) is 12.7. The summed E-state index contributed by atoms with van der Waals surface area (Å²) in [6, 6.07) is 1.79. The predicted octanol–water partition coefficient (Wildman–Crippen LogP) is 2.88. The Balaban J connectivity index is 1.51. The zero-order chi connectivity index (χ0) is 20.7. The van der Waals surface area contributed by atoms with Crippen molar-refractivity contribution in [2.45, 2.75) is 63.0 Å². The number of likely N-dealkylation sites (tertiary alicyclic amines) is 3. The number of nitrogens with zero attached hydrogens (tertiary/aromatic N) is 6. The second-order valence-corrected chi connectivity index (χ2v) is 8.45. The van der Waals surface area contributed by atoms with E-state index in [4.69, 9.17) is 6.57 Å². The monoisotopic (exact) mass is 406 g/mol. The lowest BCUT2D eigenvalue weighted by Crippen LogP contribution is -2.49. The first-order valence-corrected chi connectivity index (χ1v) is 10.9. The van der Waals surface area contributed by atoms with E-state index in [0.29, 0.717) is 37.9 Å². The highest BCUT2D eigenvalue weighted by atomic mass is 19.3. The minimum Gasteiger partial charge on any atom is -0.353 e. The molecule has 3 aliphatic heterocycles. The van der Waals surface area contributed by atoms with Crippen molar-refractivity contribution in [2.24, 2.45) is 4.99 Å². The van der Waals surface area contributed by atoms with E-state index in [9.17, 15) is 14.0 Å². The Morgan fingerprint density at radius 2 is 1.90 bits per heavy atom. The predicted molar refractivity (Wildman–Crippen MR) is 109 cm³/mol. The number of hydrogen-bond acceptors (Lipinski definition) is 4. The molecule has 1 atom stereocenters. The molecular weight excluding hydrogens is 374 g/mol. The first-order valence-electron chi connectivity index (χ1n) is 10.9. The molecule has 6 nitrogen and oxygen atoms in total. The third-order valence-corrected chi connectivity index (χ3v) is 6.35. The van der Waals surface area contributed by atoms with Crippen molar-refractivity contribution < 1.29 is 8.78 Å². The average molecular weight is 407 g/mol. The number of alkyl halides is 2. The highest BCUT2D eigenvalue weighted by Crippen LogP contribution is 2.26. The van der Waals surface area contributed by atoms with E-state index in [1.165, 1.54) is 32.4 Å². The van der Waals surface area contributed by atoms with Gasteiger partial charge >= 0.3 is 6.04 Å². The van der Waals surface area contributed by atoms with Gasteiger partial charge in [0.15, 0.2) is 11.9 Å². The highest BCUT2D eigenvalue weighted by molar-refractivity contribution is 5.91. The van der Waals surface area contributed by atoms with Gasteiger partial charge in [-0.1, -0.05) is 6.42 Å². The molecule has 3 saturated heterocycles. The molecule has 29 heavy (non-hydrogen) atoms. The van der Waals surface area contributed by atoms with Gasteiger partial charge in [-0.3, -0.25) is 14.7 Å². The Morgan fingerprint density at radius 3 is 2.48 bits per heavy atom. The molecule has 0 N–H and O–H groups in total. The third kappa shape index (κ3) is 6.10. The number of piperidine rings is 2. The highest BCUT2D eigenvalue weighted by Gasteiger charge is 2.37. The summed E-state index contributed by atoms with van der Waals surface area (Å²) >= 11 is 0. The van der Waals surface area contributed by atoms with E-state index in [-0.39, 0.29) is 13.0 Å². The number of aliphatic imine (C=N–C) groups is 1. The van der Waals surface area contributed by atoms with Crippen molar-refractivity contribution in [1.29, 1.82) is 5.26 Å². The van der Waals surface area contributed by atoms with Crippen LogP contribution < -0.4 is 0 Å². The molecule has 0 aromatic rings. The number of rotatable bonds is 6. The molecule has 0 bridgehead atoms. The molecule has 1 unspecified atom stereocenters. The summed E-state index contributed by atoms with van der Waals surface area (Å²) in [5.41, 5.74) is 0. The van der Waals surface area contributed by atoms with Gasteiger partial charge in [0.05, 0.1) is 6.54 Å². The molecule has 0 amide bonds. The van der Waals surface area contributed by atoms with Crippen LogP contribution in [0, 0.1) is 17.9 Å². The fraction of sp³-hybridized carbons (Fsp3) is 0.857. The van der Waals surface area contributed by atoms with E-state index < -0.39 is 12.0 Å². The maximum atomic E-state index is 13.3. The Hall–Kier alpha value is -1.77. The molecule has 0 aliphatic carbocycles. The maximum Gasteiger partial charge on any atom is 0.363 e. The minimum atomic E-state index is -2.57. The van der Waals surface area contributed by atoms with E-state index >= 15 is 0 Å². The zero-order valence-electron chi connectivity index (χ0n) is 17.2. The van der Waals surface area contributed by atoms with Gasteiger partial charge in [0.1, 0.15) is 0 Å². The zero-order valence-corrected chi connectivity index (χ0v) is 17.2. The first-order chi connectivity index (χ1) is 14.0. The number of amidine groups is 1. The van der Waals surface area contributed by atoms with E-state index in [0.717, 1.165) is 25.9 Å². The second-order valence-electron chi connectivity index (χ2n) is 8.45. The molecule has 0 spiro atoms. The summed E-state index contributed by atoms with van der Waals surface area (Å²) in [4.78, 5) is 14.5. The van der Waals surface area contributed by atoms with Crippen molar-refractivity contribution in [3.05, 3.63) is 11.4 Å². The van der Waals surface area contributed by atoms with Crippen LogP contribution in [0.15, 0.2) is 4.99 Å². The Labute approximate surface area is 173 Å². The molecule has 3 rings (SSSR count). The van der Waals surface area contributed by atoms with Gasteiger partial charge in [-0.25, -0.2) is 15.4 Å². The fourth-order valence-corrected chi connectivity index (χ4v) is 4.73. The van der Waals surface area contributed by atoms with Crippen molar-refractivity contribution in [2.75, 3.05) is 52.4 Å². The molecule has 8 heteroatoms. The molecule has 0 aromatic carbocycles. The molecule has 0 saturated carbocycles. The summed E-state index contributed by atoms with van der Waals surface area (Å²) < 4.78 is 26.6. The van der Waals surface area contributed by atoms with Crippen LogP contribution in [-0.4, -0.2) is 90.9 Å². The summed E-state index contributed by atoms with van der Waals surface area (Å²) in [6.07, 6.45) is 6.57. The Kier molecular flexibility index (Phi) is 7.80. The number of hydrogen-bond donors (Lipinski definition) is 0. The van der Waals surface area contributed by atoms with Gasteiger partial charge in [-0.15, -0.1) is 0 Å². The van der Waals surface area contributed by atoms with Crippen LogP contribution in [0.5, 0.6) is 0 Å². The lowest BCUT2D eigenvalue weighted by molar-refractivity contribution is 0.0122. The molecule has 0 radical (unpaired) electrons. The van der Waals surface area contributed by atoms with Gasteiger partial charge in [0, 0.05) is 45.2 Å². The van der Waals surface area contributed by atoms with Crippen molar-refractivity contribution in [3.63, 3.8) is 0 Å². The molecule has 160 valence electrons. The van der Waals surface area contributed by atoms with Crippen molar-refractivity contribution in [3.8, 4) is 6.07 Å². The van der Waals surface area contributed by atoms with Crippen LogP contribution >= 0.6 is 0 Å². The first kappa shape index (κ1) is 21.9. The normalized spacial score (nSPS) is 25.5. The van der Waals surface area contributed by atoms with E-state index in [1.54, 1.807) is 4.90 Å². The Bertz CT molecular complexity index is 625. The SMILES string of the molecule is [C-]#[N+]C(C#N)C(=NCCCN1CCC(F)(F)C1)N1CCC(N2CCCCC2)CC1. The number of nitriles is 1. The molecular formula is C21H32F2N6. The van der Waals surface area contributed by atoms with Crippen LogP contribution in [0.1, 0.15) is 44.9 Å². The van der Waals surface area contributed by atoms with Crippen molar-refractivity contribution in [1.82, 2.24) is 14.7 Å². The third-order valence-electron chi connectivity index (χ3n) is 6.35. The van der Waals surface area contributed by atoms with Crippen LogP contribution in [0.3, 0.4) is 0 Å². The minimum absolute atomic E-state index is 0.0677. The van der Waals surface area contributed by atoms with Crippen LogP contribution in [0.2, 0.25) is 0 Å².